The first-order valence-electron chi connectivity index (χ1n) is 14.2. The number of ether oxygens (including phenoxy) is 2. The van der Waals surface area contributed by atoms with E-state index in [1.54, 1.807) is 13.8 Å². The maximum atomic E-state index is 11.8. The second kappa shape index (κ2) is 8.23. The van der Waals surface area contributed by atoms with E-state index in [9.17, 15) is 9.59 Å². The number of hydrogen-bond acceptors (Lipinski definition) is 4. The number of carbonyl (C=O) groups is 2. The minimum atomic E-state index is -0.126. The normalized spacial score (nSPS) is 49.1. The van der Waals surface area contributed by atoms with Gasteiger partial charge in [0.15, 0.2) is 0 Å². The predicted molar refractivity (Wildman–Crippen MR) is 133 cm³/mol. The van der Waals surface area contributed by atoms with Gasteiger partial charge in [-0.15, -0.1) is 0 Å². The molecule has 0 aromatic rings. The van der Waals surface area contributed by atoms with Crippen molar-refractivity contribution in [3.63, 3.8) is 0 Å². The molecule has 9 unspecified atom stereocenters. The zero-order valence-electron chi connectivity index (χ0n) is 22.6. The highest BCUT2D eigenvalue weighted by molar-refractivity contribution is 5.66. The van der Waals surface area contributed by atoms with Crippen molar-refractivity contribution in [3.8, 4) is 0 Å². The van der Waals surface area contributed by atoms with Crippen molar-refractivity contribution < 1.29 is 19.1 Å². The Hall–Kier alpha value is -1.06. The first-order valence-corrected chi connectivity index (χ1v) is 14.2. The quantitative estimate of drug-likeness (QED) is 0.417. The molecule has 0 saturated heterocycles. The van der Waals surface area contributed by atoms with Crippen LogP contribution in [0.2, 0.25) is 0 Å². The highest BCUT2D eigenvalue weighted by Crippen LogP contribution is 2.73. The summed E-state index contributed by atoms with van der Waals surface area (Å²) in [6.45, 7) is 13.8. The molecule has 0 amide bonds. The molecular weight excluding hydrogens is 424 g/mol. The lowest BCUT2D eigenvalue weighted by molar-refractivity contribution is -0.222. The highest BCUT2D eigenvalue weighted by Gasteiger charge is 2.66. The molecule has 0 aliphatic heterocycles. The van der Waals surface area contributed by atoms with Gasteiger partial charge in [0.2, 0.25) is 0 Å². The van der Waals surface area contributed by atoms with Crippen LogP contribution in [0.3, 0.4) is 0 Å². The highest BCUT2D eigenvalue weighted by atomic mass is 16.5. The minimum Gasteiger partial charge on any atom is -0.465 e. The smallest absolute Gasteiger partial charge is 0.302 e. The van der Waals surface area contributed by atoms with Gasteiger partial charge in [-0.3, -0.25) is 9.59 Å². The molecule has 5 fully saturated rings. The van der Waals surface area contributed by atoms with E-state index in [1.165, 1.54) is 64.2 Å². The first kappa shape index (κ1) is 24.6. The fraction of sp³-hybridized carbons (Fsp3) is 0.933. The van der Waals surface area contributed by atoms with Crippen LogP contribution in [-0.4, -0.2) is 24.6 Å². The Balaban J connectivity index is 1.40. The molecule has 9 atom stereocenters. The summed E-state index contributed by atoms with van der Waals surface area (Å²) in [4.78, 5) is 23.5. The number of rotatable bonds is 3. The minimum absolute atomic E-state index is 0.0358. The molecule has 0 radical (unpaired) electrons. The average molecular weight is 473 g/mol. The molecule has 192 valence electrons. The fourth-order valence-electron chi connectivity index (χ4n) is 11.2. The lowest BCUT2D eigenvalue weighted by atomic mass is 9.36. The Bertz CT molecular complexity index is 834. The summed E-state index contributed by atoms with van der Waals surface area (Å²) in [6.07, 6.45) is 14.0. The summed E-state index contributed by atoms with van der Waals surface area (Å²) in [7, 11) is 0. The number of carbonyl (C=O) groups excluding carboxylic acids is 2. The van der Waals surface area contributed by atoms with E-state index < -0.39 is 0 Å². The molecule has 4 nitrogen and oxygen atoms in total. The van der Waals surface area contributed by atoms with E-state index >= 15 is 0 Å². The molecule has 4 heteroatoms. The van der Waals surface area contributed by atoms with Crippen LogP contribution >= 0.6 is 0 Å². The molecule has 0 aromatic carbocycles. The molecular formula is C30H48O4. The predicted octanol–water partition coefficient (Wildman–Crippen LogP) is 6.95. The summed E-state index contributed by atoms with van der Waals surface area (Å²) in [5, 5.41) is 0. The SMILES string of the molecule is CC(=O)OCC12CCCC1C1CCC3C(C)(CCC4C(C)(C)C(OC(C)=O)CCC43C)C1CC2. The van der Waals surface area contributed by atoms with E-state index in [0.717, 1.165) is 30.1 Å². The Kier molecular flexibility index (Phi) is 5.96. The van der Waals surface area contributed by atoms with Gasteiger partial charge >= 0.3 is 11.9 Å². The van der Waals surface area contributed by atoms with Crippen LogP contribution in [0.4, 0.5) is 0 Å². The van der Waals surface area contributed by atoms with Crippen LogP contribution in [0, 0.1) is 51.2 Å². The van der Waals surface area contributed by atoms with Gasteiger partial charge in [0.25, 0.3) is 0 Å². The van der Waals surface area contributed by atoms with Gasteiger partial charge in [0.1, 0.15) is 6.10 Å². The van der Waals surface area contributed by atoms with Gasteiger partial charge in [-0.25, -0.2) is 0 Å². The van der Waals surface area contributed by atoms with E-state index in [2.05, 4.69) is 27.7 Å². The second-order valence-corrected chi connectivity index (χ2v) is 14.1. The molecule has 5 aliphatic carbocycles. The molecule has 5 rings (SSSR count). The van der Waals surface area contributed by atoms with Crippen molar-refractivity contribution in [1.29, 1.82) is 0 Å². The third kappa shape index (κ3) is 3.51. The van der Waals surface area contributed by atoms with Gasteiger partial charge < -0.3 is 9.47 Å². The van der Waals surface area contributed by atoms with Crippen LogP contribution in [0.25, 0.3) is 0 Å². The molecule has 0 bridgehead atoms. The fourth-order valence-corrected chi connectivity index (χ4v) is 11.2. The van der Waals surface area contributed by atoms with Crippen LogP contribution in [0.15, 0.2) is 0 Å². The number of hydrogen-bond donors (Lipinski definition) is 0. The van der Waals surface area contributed by atoms with E-state index in [1.807, 2.05) is 0 Å². The Morgan fingerprint density at radius 1 is 0.735 bits per heavy atom. The molecule has 5 aliphatic rings. The van der Waals surface area contributed by atoms with Crippen molar-refractivity contribution >= 4 is 11.9 Å². The zero-order valence-corrected chi connectivity index (χ0v) is 22.6. The lowest BCUT2D eigenvalue weighted by Gasteiger charge is -2.69. The molecule has 5 saturated carbocycles. The number of esters is 2. The van der Waals surface area contributed by atoms with Gasteiger partial charge in [-0.2, -0.15) is 0 Å². The molecule has 0 heterocycles. The zero-order chi connectivity index (χ0) is 24.5. The second-order valence-electron chi connectivity index (χ2n) is 14.1. The van der Waals surface area contributed by atoms with Gasteiger partial charge in [0, 0.05) is 24.7 Å². The Morgan fingerprint density at radius 2 is 1.47 bits per heavy atom. The Labute approximate surface area is 207 Å². The summed E-state index contributed by atoms with van der Waals surface area (Å²) < 4.78 is 11.5. The average Bonchev–Trinajstić information content (AvgIpc) is 3.18. The van der Waals surface area contributed by atoms with Crippen LogP contribution in [0.5, 0.6) is 0 Å². The topological polar surface area (TPSA) is 52.6 Å². The third-order valence-electron chi connectivity index (χ3n) is 12.5. The summed E-state index contributed by atoms with van der Waals surface area (Å²) >= 11 is 0. The standard InChI is InChI=1S/C30H48O4/c1-19(31)33-18-30-14-7-8-23(30)21-9-10-25-28(5,22(21)11-17-30)15-12-24-27(3,4)26(34-20(2)32)13-16-29(24,25)6/h21-26H,7-18H2,1-6H3. The lowest BCUT2D eigenvalue weighted by Crippen LogP contribution is -2.63. The van der Waals surface area contributed by atoms with Crippen molar-refractivity contribution in [3.05, 3.63) is 0 Å². The maximum absolute atomic E-state index is 11.8. The third-order valence-corrected chi connectivity index (χ3v) is 12.5. The van der Waals surface area contributed by atoms with Crippen molar-refractivity contribution in [2.75, 3.05) is 6.61 Å². The monoisotopic (exact) mass is 472 g/mol. The molecule has 0 N–H and O–H groups in total. The summed E-state index contributed by atoms with van der Waals surface area (Å²) in [6, 6.07) is 0. The summed E-state index contributed by atoms with van der Waals surface area (Å²) in [5.41, 5.74) is 1.03. The Morgan fingerprint density at radius 3 is 2.18 bits per heavy atom. The van der Waals surface area contributed by atoms with Crippen molar-refractivity contribution in [1.82, 2.24) is 0 Å². The van der Waals surface area contributed by atoms with Crippen LogP contribution in [-0.2, 0) is 19.1 Å². The van der Waals surface area contributed by atoms with Gasteiger partial charge in [0.05, 0.1) is 6.61 Å². The first-order chi connectivity index (χ1) is 15.9. The molecule has 0 spiro atoms. The van der Waals surface area contributed by atoms with E-state index in [-0.39, 0.29) is 28.9 Å². The molecule has 0 aromatic heterocycles. The maximum Gasteiger partial charge on any atom is 0.302 e. The number of fused-ring (bicyclic) bond motifs is 7. The van der Waals surface area contributed by atoms with Crippen molar-refractivity contribution in [2.24, 2.45) is 51.2 Å². The van der Waals surface area contributed by atoms with Crippen molar-refractivity contribution in [2.45, 2.75) is 118 Å². The van der Waals surface area contributed by atoms with E-state index in [0.29, 0.717) is 23.4 Å². The summed E-state index contributed by atoms with van der Waals surface area (Å²) in [5.74, 6) is 3.50. The van der Waals surface area contributed by atoms with Crippen LogP contribution in [0.1, 0.15) is 112 Å². The van der Waals surface area contributed by atoms with Gasteiger partial charge in [-0.05, 0) is 105 Å². The van der Waals surface area contributed by atoms with Gasteiger partial charge in [-0.1, -0.05) is 34.1 Å². The largest absolute Gasteiger partial charge is 0.465 e. The van der Waals surface area contributed by atoms with Crippen LogP contribution < -0.4 is 0 Å². The molecule has 34 heavy (non-hydrogen) atoms. The van der Waals surface area contributed by atoms with E-state index in [4.69, 9.17) is 9.47 Å².